The predicted octanol–water partition coefficient (Wildman–Crippen LogP) is 9.06. The summed E-state index contributed by atoms with van der Waals surface area (Å²) in [6.45, 7) is 9.23. The van der Waals surface area contributed by atoms with Gasteiger partial charge in [-0.25, -0.2) is 0 Å². The van der Waals surface area contributed by atoms with Crippen molar-refractivity contribution in [2.45, 2.75) is 85.0 Å². The molecule has 5 rings (SSSR count). The highest BCUT2D eigenvalue weighted by molar-refractivity contribution is 6.15. The van der Waals surface area contributed by atoms with E-state index >= 15 is 43.9 Å². The molecule has 220 valence electrons. The molecule has 1 nitrogen and oxygen atoms in total. The normalized spacial score (nSPS) is 22.7. The van der Waals surface area contributed by atoms with E-state index in [1.165, 1.54) is 27.7 Å². The Kier molecular flexibility index (Phi) is 5.61. The third-order valence-corrected chi connectivity index (χ3v) is 9.47. The summed E-state index contributed by atoms with van der Waals surface area (Å²) in [7, 11) is 0. The Morgan fingerprint density at radius 3 is 0.805 bits per heavy atom. The molecule has 3 aliphatic carbocycles. The van der Waals surface area contributed by atoms with Crippen molar-refractivity contribution in [1.82, 2.24) is 0 Å². The van der Waals surface area contributed by atoms with Crippen LogP contribution in [0.2, 0.25) is 0 Å². The Morgan fingerprint density at radius 1 is 0.341 bits per heavy atom. The summed E-state index contributed by atoms with van der Waals surface area (Å²) in [6.07, 6.45) is 0. The first kappa shape index (κ1) is 29.4. The highest BCUT2D eigenvalue weighted by atomic mass is 19.3. The Balaban J connectivity index is 1.97. The van der Waals surface area contributed by atoms with Gasteiger partial charge in [0, 0.05) is 22.3 Å². The number of rotatable bonds is 0. The monoisotopic (exact) mass is 590 g/mol. The molecule has 41 heavy (non-hydrogen) atoms. The summed E-state index contributed by atoms with van der Waals surface area (Å²) in [4.78, 5) is 13.5. The maximum absolute atomic E-state index is 16.2. The number of alkyl halides is 10. The first-order valence-electron chi connectivity index (χ1n) is 12.6. The van der Waals surface area contributed by atoms with Crippen LogP contribution >= 0.6 is 0 Å². The van der Waals surface area contributed by atoms with Crippen LogP contribution in [0.3, 0.4) is 0 Å². The summed E-state index contributed by atoms with van der Waals surface area (Å²) < 4.78 is 162. The van der Waals surface area contributed by atoms with Crippen LogP contribution in [0.5, 0.6) is 0 Å². The van der Waals surface area contributed by atoms with Gasteiger partial charge >= 0.3 is 29.6 Å². The second kappa shape index (κ2) is 7.83. The van der Waals surface area contributed by atoms with E-state index in [-0.39, 0.29) is 22.3 Å². The van der Waals surface area contributed by atoms with Crippen LogP contribution in [0.4, 0.5) is 43.9 Å². The van der Waals surface area contributed by atoms with Crippen molar-refractivity contribution in [1.29, 1.82) is 0 Å². The van der Waals surface area contributed by atoms with Gasteiger partial charge in [0.15, 0.2) is 5.78 Å². The topological polar surface area (TPSA) is 17.1 Å². The smallest absolute Gasteiger partial charge is 0.289 e. The molecule has 0 N–H and O–H groups in total. The molecule has 2 aromatic rings. The molecule has 3 aliphatic rings. The predicted molar refractivity (Wildman–Crippen MR) is 130 cm³/mol. The average Bonchev–Trinajstić information content (AvgIpc) is 2.83. The highest BCUT2D eigenvalue weighted by Crippen LogP contribution is 2.68. The maximum Gasteiger partial charge on any atom is 0.304 e. The van der Waals surface area contributed by atoms with Crippen LogP contribution < -0.4 is 0 Å². The zero-order valence-electron chi connectivity index (χ0n) is 23.2. The molecular weight excluding hydrogens is 566 g/mol. The lowest BCUT2D eigenvalue weighted by atomic mass is 9.62. The lowest BCUT2D eigenvalue weighted by Gasteiger charge is -2.47. The van der Waals surface area contributed by atoms with E-state index < -0.39 is 102 Å². The fourth-order valence-electron chi connectivity index (χ4n) is 6.79. The Hall–Kier alpha value is -3.11. The molecule has 0 amide bonds. The molecule has 0 fully saturated rings. The molecule has 11 heteroatoms. The summed E-state index contributed by atoms with van der Waals surface area (Å²) in [5, 5.41) is 0. The Labute approximate surface area is 228 Å². The average molecular weight is 591 g/mol. The highest BCUT2D eigenvalue weighted by Gasteiger charge is 2.75. The van der Waals surface area contributed by atoms with E-state index in [1.54, 1.807) is 0 Å². The second-order valence-electron chi connectivity index (χ2n) is 11.2. The molecule has 2 aromatic carbocycles. The fraction of sp³-hybridized carbons (Fsp3) is 0.433. The standard InChI is InChI=1S/C30H24F10O/c1-9-11(3)15(7)19-17(13(9)5)26(31,32)21-23(41)22-25(30(39,40)24(21)28(19,35)36)29(37,38)20-16(8)12(4)10(2)14(6)18(20)27(22,33)34/h1-8H3. The van der Waals surface area contributed by atoms with Crippen molar-refractivity contribution in [2.24, 2.45) is 0 Å². The first-order chi connectivity index (χ1) is 18.4. The minimum atomic E-state index is -5.76. The molecule has 0 heterocycles. The summed E-state index contributed by atoms with van der Waals surface area (Å²) in [5.41, 5.74) is -18.7. The van der Waals surface area contributed by atoms with E-state index in [9.17, 15) is 4.79 Å². The third kappa shape index (κ3) is 3.07. The van der Waals surface area contributed by atoms with Crippen molar-refractivity contribution in [3.63, 3.8) is 0 Å². The van der Waals surface area contributed by atoms with Crippen LogP contribution in [-0.2, 0) is 28.5 Å². The molecule has 0 aliphatic heterocycles. The fourth-order valence-corrected chi connectivity index (χ4v) is 6.79. The van der Waals surface area contributed by atoms with E-state index in [4.69, 9.17) is 0 Å². The minimum Gasteiger partial charge on any atom is -0.289 e. The first-order valence-corrected chi connectivity index (χ1v) is 12.6. The van der Waals surface area contributed by atoms with Gasteiger partial charge in [0.05, 0.1) is 22.3 Å². The molecule has 0 radical (unpaired) electrons. The number of allylic oxidation sites excluding steroid dienone is 4. The number of benzene rings is 2. The van der Waals surface area contributed by atoms with Crippen LogP contribution in [0.15, 0.2) is 22.3 Å². The molecule has 0 atom stereocenters. The van der Waals surface area contributed by atoms with Crippen molar-refractivity contribution < 1.29 is 48.7 Å². The largest absolute Gasteiger partial charge is 0.304 e. The van der Waals surface area contributed by atoms with Gasteiger partial charge in [-0.3, -0.25) is 4.79 Å². The molecule has 0 bridgehead atoms. The molecule has 0 saturated carbocycles. The van der Waals surface area contributed by atoms with Crippen LogP contribution in [0.25, 0.3) is 0 Å². The van der Waals surface area contributed by atoms with Crippen molar-refractivity contribution in [3.8, 4) is 0 Å². The number of fused-ring (bicyclic) bond motifs is 2. The number of carbonyl (C=O) groups excluding carboxylic acids is 1. The number of carbonyl (C=O) groups is 1. The Morgan fingerprint density at radius 2 is 0.561 bits per heavy atom. The summed E-state index contributed by atoms with van der Waals surface area (Å²) in [6, 6.07) is 0. The van der Waals surface area contributed by atoms with Gasteiger partial charge in [-0.2, -0.15) is 43.9 Å². The lowest BCUT2D eigenvalue weighted by Crippen LogP contribution is -2.54. The van der Waals surface area contributed by atoms with Crippen molar-refractivity contribution >= 4 is 5.78 Å². The van der Waals surface area contributed by atoms with Gasteiger partial charge in [-0.1, -0.05) is 0 Å². The van der Waals surface area contributed by atoms with Gasteiger partial charge in [-0.15, -0.1) is 0 Å². The van der Waals surface area contributed by atoms with Gasteiger partial charge in [0.2, 0.25) is 0 Å². The molecule has 0 unspecified atom stereocenters. The Bertz CT molecular complexity index is 1580. The quantitative estimate of drug-likeness (QED) is 0.280. The molecular formula is C30H24F10O. The molecule has 0 spiro atoms. The van der Waals surface area contributed by atoms with E-state index in [0.717, 1.165) is 27.7 Å². The number of hydrogen-bond donors (Lipinski definition) is 0. The van der Waals surface area contributed by atoms with Gasteiger partial charge in [0.25, 0.3) is 0 Å². The maximum atomic E-state index is 16.2. The molecule has 0 aromatic heterocycles. The van der Waals surface area contributed by atoms with Crippen LogP contribution in [0, 0.1) is 55.4 Å². The van der Waals surface area contributed by atoms with Gasteiger partial charge < -0.3 is 0 Å². The summed E-state index contributed by atoms with van der Waals surface area (Å²) in [5.74, 6) is -28.4. The third-order valence-electron chi connectivity index (χ3n) is 9.47. The minimum absolute atomic E-state index is 0.0616. The zero-order chi connectivity index (χ0) is 31.3. The van der Waals surface area contributed by atoms with E-state index in [2.05, 4.69) is 0 Å². The van der Waals surface area contributed by atoms with Crippen molar-refractivity contribution in [2.75, 3.05) is 0 Å². The van der Waals surface area contributed by atoms with E-state index in [1.807, 2.05) is 0 Å². The number of ketones is 1. The van der Waals surface area contributed by atoms with E-state index in [0.29, 0.717) is 0 Å². The SMILES string of the molecule is Cc1c(C)c(C)c2c(c1C)C(F)(F)C1=C(C(F)(F)C3=C(C1=O)C(F)(F)c1c(C)c(C)c(C)c(C)c1C3(F)F)C2(F)F. The van der Waals surface area contributed by atoms with Gasteiger partial charge in [0.1, 0.15) is 0 Å². The number of Topliss-reactive ketones (excluding diaryl/α,β-unsaturated/α-hetero) is 1. The lowest BCUT2D eigenvalue weighted by molar-refractivity contribution is -0.132. The summed E-state index contributed by atoms with van der Waals surface area (Å²) >= 11 is 0. The second-order valence-corrected chi connectivity index (χ2v) is 11.2. The number of hydrogen-bond acceptors (Lipinski definition) is 1. The molecule has 0 saturated heterocycles. The van der Waals surface area contributed by atoms with Gasteiger partial charge in [-0.05, 0) is 99.9 Å². The van der Waals surface area contributed by atoms with Crippen LogP contribution in [-0.4, -0.2) is 11.7 Å². The zero-order valence-corrected chi connectivity index (χ0v) is 23.2. The van der Waals surface area contributed by atoms with Crippen LogP contribution in [0.1, 0.15) is 66.8 Å². The van der Waals surface area contributed by atoms with Crippen molar-refractivity contribution in [3.05, 3.63) is 89.1 Å². The number of halogens is 10.